The van der Waals surface area contributed by atoms with E-state index < -0.39 is 0 Å². The van der Waals surface area contributed by atoms with E-state index in [1.54, 1.807) is 6.20 Å². The molecule has 88 valence electrons. The van der Waals surface area contributed by atoms with Crippen molar-refractivity contribution in [2.45, 2.75) is 20.0 Å². The maximum absolute atomic E-state index is 5.71. The summed E-state index contributed by atoms with van der Waals surface area (Å²) in [6.45, 7) is 3.95. The summed E-state index contributed by atoms with van der Waals surface area (Å²) in [4.78, 5) is 4.14. The molecule has 0 aliphatic heterocycles. The molecule has 0 saturated heterocycles. The van der Waals surface area contributed by atoms with Gasteiger partial charge in [-0.25, -0.2) is 4.98 Å². The maximum atomic E-state index is 5.71. The van der Waals surface area contributed by atoms with Crippen LogP contribution in [0.1, 0.15) is 13.8 Å². The summed E-state index contributed by atoms with van der Waals surface area (Å²) < 4.78 is 5.71. The lowest BCUT2D eigenvalue weighted by Gasteiger charge is -2.13. The minimum atomic E-state index is 0.100. The van der Waals surface area contributed by atoms with Crippen molar-refractivity contribution in [3.8, 4) is 17.0 Å². The molecule has 1 aromatic heterocycles. The fraction of sp³-hybridized carbons (Fsp3) is 0.250. The molecule has 0 fully saturated rings. The molecule has 0 saturated carbocycles. The van der Waals surface area contributed by atoms with Gasteiger partial charge in [0.25, 0.3) is 0 Å². The van der Waals surface area contributed by atoms with Crippen LogP contribution in [0.5, 0.6) is 5.75 Å². The zero-order valence-corrected chi connectivity index (χ0v) is 9.79. The number of benzene rings is 1. The van der Waals surface area contributed by atoms with Crippen LogP contribution in [0.3, 0.4) is 0 Å². The first-order valence-electron chi connectivity index (χ1n) is 5.38. The minimum absolute atomic E-state index is 0.100. The first-order valence-corrected chi connectivity index (χ1v) is 5.38. The number of nitrogen functional groups attached to an aromatic ring is 1. The van der Waals surface area contributed by atoms with Gasteiger partial charge in [-0.15, -0.1) is 5.10 Å². The van der Waals surface area contributed by atoms with E-state index in [1.165, 1.54) is 0 Å². The second-order valence-corrected chi connectivity index (χ2v) is 3.86. The van der Waals surface area contributed by atoms with Crippen LogP contribution in [0.15, 0.2) is 30.5 Å². The van der Waals surface area contributed by atoms with Gasteiger partial charge in [0.1, 0.15) is 5.75 Å². The molecule has 5 heteroatoms. The van der Waals surface area contributed by atoms with Crippen LogP contribution in [-0.2, 0) is 0 Å². The maximum Gasteiger partial charge on any atom is 0.240 e. The summed E-state index contributed by atoms with van der Waals surface area (Å²) >= 11 is 0. The van der Waals surface area contributed by atoms with Gasteiger partial charge in [0.05, 0.1) is 18.0 Å². The molecule has 1 aromatic carbocycles. The van der Waals surface area contributed by atoms with Crippen molar-refractivity contribution >= 4 is 5.95 Å². The van der Waals surface area contributed by atoms with Crippen LogP contribution in [-0.4, -0.2) is 21.3 Å². The van der Waals surface area contributed by atoms with E-state index in [-0.39, 0.29) is 12.1 Å². The highest BCUT2D eigenvalue weighted by atomic mass is 16.5. The third-order valence-electron chi connectivity index (χ3n) is 2.10. The molecule has 2 N–H and O–H groups in total. The number of nitrogens with zero attached hydrogens (tertiary/aromatic N) is 3. The molecule has 0 unspecified atom stereocenters. The summed E-state index contributed by atoms with van der Waals surface area (Å²) in [5, 5.41) is 7.42. The lowest BCUT2D eigenvalue weighted by molar-refractivity contribution is 0.243. The monoisotopic (exact) mass is 230 g/mol. The summed E-state index contributed by atoms with van der Waals surface area (Å²) in [6, 6.07) is 7.65. The predicted molar refractivity (Wildman–Crippen MR) is 65.4 cm³/mol. The van der Waals surface area contributed by atoms with Crippen molar-refractivity contribution in [2.75, 3.05) is 5.73 Å². The Hall–Kier alpha value is -2.17. The molecule has 2 rings (SSSR count). The van der Waals surface area contributed by atoms with Crippen molar-refractivity contribution in [2.24, 2.45) is 0 Å². The summed E-state index contributed by atoms with van der Waals surface area (Å²) in [5.41, 5.74) is 7.05. The summed E-state index contributed by atoms with van der Waals surface area (Å²) in [7, 11) is 0. The van der Waals surface area contributed by atoms with E-state index in [9.17, 15) is 0 Å². The molecule has 0 aliphatic rings. The van der Waals surface area contributed by atoms with Crippen LogP contribution in [0.25, 0.3) is 11.3 Å². The fourth-order valence-corrected chi connectivity index (χ4v) is 1.48. The third kappa shape index (κ3) is 2.69. The number of hydrogen-bond acceptors (Lipinski definition) is 5. The molecule has 0 amide bonds. The number of rotatable bonds is 3. The second kappa shape index (κ2) is 4.78. The first kappa shape index (κ1) is 11.3. The highest BCUT2D eigenvalue weighted by molar-refractivity contribution is 5.66. The van der Waals surface area contributed by atoms with Gasteiger partial charge in [-0.2, -0.15) is 5.10 Å². The number of aromatic nitrogens is 3. The Morgan fingerprint density at radius 1 is 1.24 bits per heavy atom. The smallest absolute Gasteiger partial charge is 0.240 e. The van der Waals surface area contributed by atoms with Crippen molar-refractivity contribution in [3.63, 3.8) is 0 Å². The van der Waals surface area contributed by atoms with Gasteiger partial charge < -0.3 is 10.5 Å². The number of anilines is 1. The lowest BCUT2D eigenvalue weighted by Crippen LogP contribution is -2.07. The van der Waals surface area contributed by atoms with Gasteiger partial charge in [0.2, 0.25) is 5.95 Å². The van der Waals surface area contributed by atoms with E-state index in [1.807, 2.05) is 38.1 Å². The second-order valence-electron chi connectivity index (χ2n) is 3.86. The Balaban J connectivity index is 2.44. The topological polar surface area (TPSA) is 73.9 Å². The molecule has 0 aliphatic carbocycles. The first-order chi connectivity index (χ1) is 8.16. The number of para-hydroxylation sites is 1. The lowest BCUT2D eigenvalue weighted by atomic mass is 10.1. The minimum Gasteiger partial charge on any atom is -0.490 e. The standard InChI is InChI=1S/C12H14N4O/c1-8(2)17-11-6-4-3-5-9(11)10-7-14-16-12(13)15-10/h3-8H,1-2H3,(H2,13,15,16). The fourth-order valence-electron chi connectivity index (χ4n) is 1.48. The molecular weight excluding hydrogens is 216 g/mol. The van der Waals surface area contributed by atoms with Crippen molar-refractivity contribution in [1.29, 1.82) is 0 Å². The molecule has 5 nitrogen and oxygen atoms in total. The van der Waals surface area contributed by atoms with Crippen LogP contribution in [0, 0.1) is 0 Å². The average Bonchev–Trinajstić information content (AvgIpc) is 2.29. The van der Waals surface area contributed by atoms with Crippen molar-refractivity contribution in [1.82, 2.24) is 15.2 Å². The molecule has 1 heterocycles. The van der Waals surface area contributed by atoms with E-state index in [4.69, 9.17) is 10.5 Å². The Morgan fingerprint density at radius 2 is 2.00 bits per heavy atom. The Morgan fingerprint density at radius 3 is 2.71 bits per heavy atom. The van der Waals surface area contributed by atoms with Crippen LogP contribution in [0.4, 0.5) is 5.95 Å². The number of ether oxygens (including phenoxy) is 1. The molecule has 0 radical (unpaired) electrons. The van der Waals surface area contributed by atoms with Gasteiger partial charge in [-0.3, -0.25) is 0 Å². The van der Waals surface area contributed by atoms with Gasteiger partial charge in [0.15, 0.2) is 0 Å². The van der Waals surface area contributed by atoms with Crippen LogP contribution >= 0.6 is 0 Å². The Bertz CT molecular complexity index is 513. The molecule has 2 aromatic rings. The molecule has 0 bridgehead atoms. The normalized spacial score (nSPS) is 10.5. The van der Waals surface area contributed by atoms with E-state index in [0.29, 0.717) is 5.69 Å². The highest BCUT2D eigenvalue weighted by Crippen LogP contribution is 2.28. The van der Waals surface area contributed by atoms with E-state index >= 15 is 0 Å². The molecule has 0 atom stereocenters. The van der Waals surface area contributed by atoms with E-state index in [0.717, 1.165) is 11.3 Å². The zero-order valence-electron chi connectivity index (χ0n) is 9.79. The molecule has 17 heavy (non-hydrogen) atoms. The van der Waals surface area contributed by atoms with Gasteiger partial charge in [0, 0.05) is 5.56 Å². The van der Waals surface area contributed by atoms with Crippen molar-refractivity contribution in [3.05, 3.63) is 30.5 Å². The third-order valence-corrected chi connectivity index (χ3v) is 2.10. The molecular formula is C12H14N4O. The SMILES string of the molecule is CC(C)Oc1ccccc1-c1cnnc(N)n1. The van der Waals surface area contributed by atoms with Crippen molar-refractivity contribution < 1.29 is 4.74 Å². The van der Waals surface area contributed by atoms with Gasteiger partial charge in [-0.05, 0) is 26.0 Å². The quantitative estimate of drug-likeness (QED) is 0.871. The number of hydrogen-bond donors (Lipinski definition) is 1. The average molecular weight is 230 g/mol. The van der Waals surface area contributed by atoms with Gasteiger partial charge >= 0.3 is 0 Å². The van der Waals surface area contributed by atoms with E-state index in [2.05, 4.69) is 15.2 Å². The van der Waals surface area contributed by atoms with Crippen LogP contribution < -0.4 is 10.5 Å². The van der Waals surface area contributed by atoms with Gasteiger partial charge in [-0.1, -0.05) is 12.1 Å². The van der Waals surface area contributed by atoms with Crippen LogP contribution in [0.2, 0.25) is 0 Å². The zero-order chi connectivity index (χ0) is 12.3. The largest absolute Gasteiger partial charge is 0.490 e. The summed E-state index contributed by atoms with van der Waals surface area (Å²) in [5.74, 6) is 0.921. The highest BCUT2D eigenvalue weighted by Gasteiger charge is 2.09. The predicted octanol–water partition coefficient (Wildman–Crippen LogP) is 1.91. The summed E-state index contributed by atoms with van der Waals surface area (Å²) in [6.07, 6.45) is 1.67. The Labute approximate surface area is 99.7 Å². The molecule has 0 spiro atoms. The Kier molecular flexibility index (Phi) is 3.18. The number of nitrogens with two attached hydrogens (primary N) is 1.